The summed E-state index contributed by atoms with van der Waals surface area (Å²) >= 11 is 0. The molecule has 0 aliphatic carbocycles. The van der Waals surface area contributed by atoms with Crippen LogP contribution in [0.15, 0.2) is 30.3 Å². The number of aliphatic hydroxyl groups is 1. The van der Waals surface area contributed by atoms with Crippen molar-refractivity contribution in [1.29, 1.82) is 0 Å². The molecule has 24 heavy (non-hydrogen) atoms. The van der Waals surface area contributed by atoms with Gasteiger partial charge in [0.25, 0.3) is 0 Å². The number of aromatic nitrogens is 2. The first kappa shape index (κ1) is 17.9. The van der Waals surface area contributed by atoms with Gasteiger partial charge in [-0.15, -0.1) is 0 Å². The van der Waals surface area contributed by atoms with Gasteiger partial charge >= 0.3 is 6.18 Å². The maximum Gasteiger partial charge on any atom is 0.433 e. The molecule has 0 bridgehead atoms. The molecule has 0 radical (unpaired) electrons. The minimum absolute atomic E-state index is 0.0342. The van der Waals surface area contributed by atoms with Gasteiger partial charge in [0.1, 0.15) is 11.6 Å². The van der Waals surface area contributed by atoms with Crippen LogP contribution in [0.1, 0.15) is 17.7 Å². The van der Waals surface area contributed by atoms with Gasteiger partial charge < -0.3 is 15.7 Å². The van der Waals surface area contributed by atoms with E-state index in [1.54, 1.807) is 6.07 Å². The van der Waals surface area contributed by atoms with Crippen molar-refractivity contribution in [1.82, 2.24) is 9.97 Å². The second-order valence-corrected chi connectivity index (χ2v) is 4.95. The van der Waals surface area contributed by atoms with Crippen LogP contribution in [0.2, 0.25) is 0 Å². The molecule has 1 heterocycles. The van der Waals surface area contributed by atoms with Crippen LogP contribution in [0.5, 0.6) is 0 Å². The standard InChI is InChI=1S/C15H16F4N4O/c16-11-4-1-3-10(7-11)9-21-13-8-12(15(17,18)19)22-14(23-13)20-5-2-6-24/h1,3-4,7-8,24H,2,5-6,9H2,(H2,20,21,22,23). The monoisotopic (exact) mass is 344 g/mol. The zero-order valence-corrected chi connectivity index (χ0v) is 12.6. The zero-order valence-electron chi connectivity index (χ0n) is 12.6. The van der Waals surface area contributed by atoms with E-state index in [1.165, 1.54) is 18.2 Å². The lowest BCUT2D eigenvalue weighted by atomic mass is 10.2. The van der Waals surface area contributed by atoms with Crippen LogP contribution in [-0.2, 0) is 12.7 Å². The van der Waals surface area contributed by atoms with Gasteiger partial charge in [0.2, 0.25) is 5.95 Å². The van der Waals surface area contributed by atoms with Crippen LogP contribution in [0.25, 0.3) is 0 Å². The first-order valence-corrected chi connectivity index (χ1v) is 7.18. The number of nitrogens with one attached hydrogen (secondary N) is 2. The van der Waals surface area contributed by atoms with Crippen molar-refractivity contribution in [3.8, 4) is 0 Å². The highest BCUT2D eigenvalue weighted by Crippen LogP contribution is 2.29. The van der Waals surface area contributed by atoms with Gasteiger partial charge in [0.05, 0.1) is 0 Å². The highest BCUT2D eigenvalue weighted by molar-refractivity contribution is 5.43. The van der Waals surface area contributed by atoms with Crippen molar-refractivity contribution in [2.24, 2.45) is 0 Å². The minimum atomic E-state index is -4.62. The number of alkyl halides is 3. The summed E-state index contributed by atoms with van der Waals surface area (Å²) in [6.07, 6.45) is -4.27. The average molecular weight is 344 g/mol. The van der Waals surface area contributed by atoms with E-state index in [1.807, 2.05) is 0 Å². The summed E-state index contributed by atoms with van der Waals surface area (Å²) in [5.41, 5.74) is -0.525. The first-order valence-electron chi connectivity index (χ1n) is 7.18. The summed E-state index contributed by atoms with van der Waals surface area (Å²) in [6, 6.07) is 6.49. The van der Waals surface area contributed by atoms with Gasteiger partial charge in [-0.2, -0.15) is 18.2 Å². The van der Waals surface area contributed by atoms with Gasteiger partial charge in [0.15, 0.2) is 5.69 Å². The van der Waals surface area contributed by atoms with Crippen LogP contribution in [0.4, 0.5) is 29.3 Å². The van der Waals surface area contributed by atoms with E-state index in [4.69, 9.17) is 5.11 Å². The van der Waals surface area contributed by atoms with Crippen LogP contribution in [0, 0.1) is 5.82 Å². The van der Waals surface area contributed by atoms with E-state index in [2.05, 4.69) is 20.6 Å². The molecule has 0 aliphatic heterocycles. The number of halogens is 4. The molecule has 2 aromatic rings. The van der Waals surface area contributed by atoms with E-state index in [0.717, 1.165) is 6.07 Å². The average Bonchev–Trinajstić information content (AvgIpc) is 2.52. The Morgan fingerprint density at radius 2 is 1.88 bits per heavy atom. The van der Waals surface area contributed by atoms with Crippen LogP contribution in [0.3, 0.4) is 0 Å². The molecular formula is C15H16F4N4O. The third kappa shape index (κ3) is 5.34. The van der Waals surface area contributed by atoms with Gasteiger partial charge in [-0.3, -0.25) is 0 Å². The summed E-state index contributed by atoms with van der Waals surface area (Å²) in [4.78, 5) is 7.36. The number of aliphatic hydroxyl groups excluding tert-OH is 1. The summed E-state index contributed by atoms with van der Waals surface area (Å²) < 4.78 is 51.9. The quantitative estimate of drug-likeness (QED) is 0.532. The number of hydrogen-bond donors (Lipinski definition) is 3. The van der Waals surface area contributed by atoms with E-state index in [-0.39, 0.29) is 31.5 Å². The second kappa shape index (κ2) is 7.91. The van der Waals surface area contributed by atoms with Crippen LogP contribution < -0.4 is 10.6 Å². The van der Waals surface area contributed by atoms with Crippen molar-refractivity contribution in [2.75, 3.05) is 23.8 Å². The number of benzene rings is 1. The molecule has 3 N–H and O–H groups in total. The molecule has 5 nitrogen and oxygen atoms in total. The number of rotatable bonds is 7. The topological polar surface area (TPSA) is 70.1 Å². The van der Waals surface area contributed by atoms with Crippen molar-refractivity contribution >= 4 is 11.8 Å². The van der Waals surface area contributed by atoms with Crippen molar-refractivity contribution in [3.05, 3.63) is 47.4 Å². The Kier molecular flexibility index (Phi) is 5.91. The number of hydrogen-bond acceptors (Lipinski definition) is 5. The molecule has 0 aliphatic rings. The summed E-state index contributed by atoms with van der Waals surface area (Å²) in [7, 11) is 0. The Bertz CT molecular complexity index is 679. The fourth-order valence-electron chi connectivity index (χ4n) is 1.88. The van der Waals surface area contributed by atoms with Crippen molar-refractivity contribution in [2.45, 2.75) is 19.1 Å². The summed E-state index contributed by atoms with van der Waals surface area (Å²) in [5.74, 6) is -0.660. The SMILES string of the molecule is OCCCNc1nc(NCc2cccc(F)c2)cc(C(F)(F)F)n1. The molecule has 1 aromatic heterocycles. The highest BCUT2D eigenvalue weighted by atomic mass is 19.4. The van der Waals surface area contributed by atoms with Crippen LogP contribution >= 0.6 is 0 Å². The molecule has 0 saturated heterocycles. The van der Waals surface area contributed by atoms with Gasteiger partial charge in [0, 0.05) is 25.8 Å². The molecule has 130 valence electrons. The Morgan fingerprint density at radius 1 is 1.08 bits per heavy atom. The first-order chi connectivity index (χ1) is 11.4. The predicted octanol–water partition coefficient (Wildman–Crippen LogP) is 3.04. The molecule has 0 amide bonds. The lowest BCUT2D eigenvalue weighted by Gasteiger charge is -2.12. The molecule has 9 heteroatoms. The maximum atomic E-state index is 13.1. The summed E-state index contributed by atoms with van der Waals surface area (Å²) in [5, 5.41) is 14.1. The smallest absolute Gasteiger partial charge is 0.396 e. The molecule has 1 aromatic carbocycles. The summed E-state index contributed by atoms with van der Waals surface area (Å²) in [6.45, 7) is 0.250. The highest BCUT2D eigenvalue weighted by Gasteiger charge is 2.33. The fourth-order valence-corrected chi connectivity index (χ4v) is 1.88. The zero-order chi connectivity index (χ0) is 17.6. The largest absolute Gasteiger partial charge is 0.433 e. The second-order valence-electron chi connectivity index (χ2n) is 4.95. The molecule has 0 unspecified atom stereocenters. The van der Waals surface area contributed by atoms with E-state index >= 15 is 0 Å². The third-order valence-corrected chi connectivity index (χ3v) is 3.00. The van der Waals surface area contributed by atoms with E-state index in [0.29, 0.717) is 12.0 Å². The molecule has 0 atom stereocenters. The Morgan fingerprint density at radius 3 is 2.54 bits per heavy atom. The number of anilines is 2. The van der Waals surface area contributed by atoms with Crippen molar-refractivity contribution < 1.29 is 22.7 Å². The van der Waals surface area contributed by atoms with Crippen molar-refractivity contribution in [3.63, 3.8) is 0 Å². The predicted molar refractivity (Wildman–Crippen MR) is 81.0 cm³/mol. The molecular weight excluding hydrogens is 328 g/mol. The van der Waals surface area contributed by atoms with Gasteiger partial charge in [-0.05, 0) is 24.1 Å². The normalized spacial score (nSPS) is 11.4. The molecule has 0 spiro atoms. The Balaban J connectivity index is 2.16. The molecule has 0 fully saturated rings. The van der Waals surface area contributed by atoms with Gasteiger partial charge in [-0.25, -0.2) is 9.37 Å². The Labute approximate surface area is 135 Å². The molecule has 0 saturated carbocycles. The Hall–Kier alpha value is -2.42. The third-order valence-electron chi connectivity index (χ3n) is 3.00. The lowest BCUT2D eigenvalue weighted by Crippen LogP contribution is -2.15. The fraction of sp³-hybridized carbons (Fsp3) is 0.333. The van der Waals surface area contributed by atoms with E-state index < -0.39 is 17.7 Å². The van der Waals surface area contributed by atoms with Gasteiger partial charge in [-0.1, -0.05) is 12.1 Å². The van der Waals surface area contributed by atoms with E-state index in [9.17, 15) is 17.6 Å². The molecule has 2 rings (SSSR count). The maximum absolute atomic E-state index is 13.1. The lowest BCUT2D eigenvalue weighted by molar-refractivity contribution is -0.141. The van der Waals surface area contributed by atoms with Crippen LogP contribution in [-0.4, -0.2) is 28.2 Å². The minimum Gasteiger partial charge on any atom is -0.396 e. The number of nitrogens with zero attached hydrogens (tertiary/aromatic N) is 2.